The lowest BCUT2D eigenvalue weighted by atomic mass is 10.0. The molecule has 6 heteroatoms. The molecule has 0 heterocycles. The molecule has 0 radical (unpaired) electrons. The highest BCUT2D eigenvalue weighted by Gasteiger charge is 2.29. The Morgan fingerprint density at radius 2 is 1.57 bits per heavy atom. The molecule has 2 N–H and O–H groups in total. The summed E-state index contributed by atoms with van der Waals surface area (Å²) in [7, 11) is 6.27. The first-order chi connectivity index (χ1) is 9.82. The van der Waals surface area contributed by atoms with Crippen molar-refractivity contribution in [3.63, 3.8) is 0 Å². The Kier molecular flexibility index (Phi) is 5.43. The molecular formula is C15H24N2O4. The molecule has 0 aliphatic rings. The molecule has 0 spiro atoms. The predicted molar refractivity (Wildman–Crippen MR) is 81.3 cm³/mol. The first-order valence-electron chi connectivity index (χ1n) is 6.60. The van der Waals surface area contributed by atoms with E-state index in [1.165, 1.54) is 21.3 Å². The minimum absolute atomic E-state index is 0.191. The number of hydrogen-bond acceptors (Lipinski definition) is 5. The standard InChI is InChI=1S/C15H24N2O4/c1-15(2,9-16)17(3)14(18)10-7-12(20-5)13(21-6)8-11(10)19-4/h7-8H,9,16H2,1-6H3. The van der Waals surface area contributed by atoms with E-state index in [0.717, 1.165) is 0 Å². The largest absolute Gasteiger partial charge is 0.496 e. The van der Waals surface area contributed by atoms with Gasteiger partial charge in [-0.15, -0.1) is 0 Å². The van der Waals surface area contributed by atoms with Gasteiger partial charge >= 0.3 is 0 Å². The van der Waals surface area contributed by atoms with E-state index in [-0.39, 0.29) is 5.91 Å². The first kappa shape index (κ1) is 17.1. The number of nitrogens with two attached hydrogens (primary N) is 1. The second kappa shape index (κ2) is 6.67. The molecule has 0 atom stereocenters. The molecule has 21 heavy (non-hydrogen) atoms. The van der Waals surface area contributed by atoms with Crippen molar-refractivity contribution < 1.29 is 19.0 Å². The molecule has 1 amide bonds. The van der Waals surface area contributed by atoms with Gasteiger partial charge in [0.1, 0.15) is 5.75 Å². The number of rotatable bonds is 6. The van der Waals surface area contributed by atoms with Crippen molar-refractivity contribution >= 4 is 5.91 Å². The highest BCUT2D eigenvalue weighted by Crippen LogP contribution is 2.35. The quantitative estimate of drug-likeness (QED) is 0.861. The monoisotopic (exact) mass is 296 g/mol. The van der Waals surface area contributed by atoms with Gasteiger partial charge in [0.05, 0.1) is 26.9 Å². The lowest BCUT2D eigenvalue weighted by molar-refractivity contribution is 0.0636. The SMILES string of the molecule is COc1cc(OC)c(C(=O)N(C)C(C)(C)CN)cc1OC. The van der Waals surface area contributed by atoms with Crippen molar-refractivity contribution in [3.8, 4) is 17.2 Å². The number of carbonyl (C=O) groups excluding carboxylic acids is 1. The minimum atomic E-state index is -0.463. The van der Waals surface area contributed by atoms with E-state index in [1.54, 1.807) is 24.1 Å². The number of ether oxygens (including phenoxy) is 3. The fourth-order valence-corrected chi connectivity index (χ4v) is 1.79. The van der Waals surface area contributed by atoms with Gasteiger partial charge in [-0.25, -0.2) is 0 Å². The molecule has 0 fully saturated rings. The third-order valence-electron chi connectivity index (χ3n) is 3.65. The second-order valence-electron chi connectivity index (χ2n) is 5.29. The van der Waals surface area contributed by atoms with Crippen LogP contribution in [0, 0.1) is 0 Å². The van der Waals surface area contributed by atoms with Crippen molar-refractivity contribution in [3.05, 3.63) is 17.7 Å². The van der Waals surface area contributed by atoms with Gasteiger partial charge in [0.25, 0.3) is 5.91 Å². The van der Waals surface area contributed by atoms with Crippen molar-refractivity contribution in [1.29, 1.82) is 0 Å². The number of amides is 1. The summed E-state index contributed by atoms with van der Waals surface area (Å²) < 4.78 is 15.7. The zero-order valence-electron chi connectivity index (χ0n) is 13.5. The van der Waals surface area contributed by atoms with Crippen LogP contribution in [0.1, 0.15) is 24.2 Å². The number of nitrogens with zero attached hydrogens (tertiary/aromatic N) is 1. The molecule has 0 saturated carbocycles. The number of hydrogen-bond donors (Lipinski definition) is 1. The molecular weight excluding hydrogens is 272 g/mol. The van der Waals surface area contributed by atoms with Crippen molar-refractivity contribution in [2.75, 3.05) is 34.9 Å². The van der Waals surface area contributed by atoms with Gasteiger partial charge in [0.2, 0.25) is 0 Å². The van der Waals surface area contributed by atoms with Gasteiger partial charge in [-0.1, -0.05) is 0 Å². The Morgan fingerprint density at radius 1 is 1.10 bits per heavy atom. The summed E-state index contributed by atoms with van der Waals surface area (Å²) in [6.07, 6.45) is 0. The van der Waals surface area contributed by atoms with E-state index in [4.69, 9.17) is 19.9 Å². The van der Waals surface area contributed by atoms with Crippen LogP contribution in [-0.4, -0.2) is 51.3 Å². The van der Waals surface area contributed by atoms with Crippen molar-refractivity contribution in [1.82, 2.24) is 4.90 Å². The van der Waals surface area contributed by atoms with Crippen molar-refractivity contribution in [2.45, 2.75) is 19.4 Å². The zero-order chi connectivity index (χ0) is 16.2. The Balaban J connectivity index is 3.31. The Morgan fingerprint density at radius 3 is 2.00 bits per heavy atom. The van der Waals surface area contributed by atoms with E-state index >= 15 is 0 Å². The maximum Gasteiger partial charge on any atom is 0.257 e. The topological polar surface area (TPSA) is 74.0 Å². The maximum absolute atomic E-state index is 12.7. The number of likely N-dealkylation sites (N-methyl/N-ethyl adjacent to an activating group) is 1. The normalized spacial score (nSPS) is 11.0. The van der Waals surface area contributed by atoms with Crippen LogP contribution in [0.2, 0.25) is 0 Å². The van der Waals surface area contributed by atoms with Crippen LogP contribution < -0.4 is 19.9 Å². The molecule has 1 aromatic rings. The third-order valence-corrected chi connectivity index (χ3v) is 3.65. The summed E-state index contributed by atoms with van der Waals surface area (Å²) in [6, 6.07) is 3.25. The molecule has 0 aliphatic heterocycles. The van der Waals surface area contributed by atoms with Crippen molar-refractivity contribution in [2.24, 2.45) is 5.73 Å². The van der Waals surface area contributed by atoms with Gasteiger partial charge in [0, 0.05) is 31.3 Å². The Hall–Kier alpha value is -1.95. The number of benzene rings is 1. The van der Waals surface area contributed by atoms with Gasteiger partial charge in [-0.2, -0.15) is 0 Å². The third kappa shape index (κ3) is 3.39. The van der Waals surface area contributed by atoms with Crippen LogP contribution >= 0.6 is 0 Å². The number of carbonyl (C=O) groups is 1. The molecule has 0 bridgehead atoms. The molecule has 0 aromatic heterocycles. The van der Waals surface area contributed by atoms with E-state index in [2.05, 4.69) is 0 Å². The van der Waals surface area contributed by atoms with Gasteiger partial charge < -0.3 is 24.8 Å². The van der Waals surface area contributed by atoms with Crippen LogP contribution in [0.25, 0.3) is 0 Å². The summed E-state index contributed by atoms with van der Waals surface area (Å²) in [5.74, 6) is 1.22. The van der Waals surface area contributed by atoms with E-state index < -0.39 is 5.54 Å². The van der Waals surface area contributed by atoms with Crippen LogP contribution in [0.5, 0.6) is 17.2 Å². The lowest BCUT2D eigenvalue weighted by Gasteiger charge is -2.35. The predicted octanol–water partition coefficient (Wildman–Crippen LogP) is 1.52. The maximum atomic E-state index is 12.7. The highest BCUT2D eigenvalue weighted by molar-refractivity contribution is 5.98. The summed E-state index contributed by atoms with van der Waals surface area (Å²) in [6.45, 7) is 4.15. The smallest absolute Gasteiger partial charge is 0.257 e. The second-order valence-corrected chi connectivity index (χ2v) is 5.29. The molecule has 1 rings (SSSR count). The highest BCUT2D eigenvalue weighted by atomic mass is 16.5. The van der Waals surface area contributed by atoms with Gasteiger partial charge in [0.15, 0.2) is 11.5 Å². The number of methoxy groups -OCH3 is 3. The van der Waals surface area contributed by atoms with Crippen LogP contribution in [0.15, 0.2) is 12.1 Å². The van der Waals surface area contributed by atoms with Crippen LogP contribution in [0.3, 0.4) is 0 Å². The molecule has 0 unspecified atom stereocenters. The molecule has 0 saturated heterocycles. The Labute approximate surface area is 125 Å². The molecule has 6 nitrogen and oxygen atoms in total. The van der Waals surface area contributed by atoms with E-state index in [1.807, 2.05) is 13.8 Å². The summed E-state index contributed by atoms with van der Waals surface area (Å²) in [5, 5.41) is 0. The lowest BCUT2D eigenvalue weighted by Crippen LogP contribution is -2.50. The fourth-order valence-electron chi connectivity index (χ4n) is 1.79. The van der Waals surface area contributed by atoms with Gasteiger partial charge in [-0.3, -0.25) is 4.79 Å². The van der Waals surface area contributed by atoms with Crippen LogP contribution in [-0.2, 0) is 0 Å². The molecule has 118 valence electrons. The van der Waals surface area contributed by atoms with Crippen LogP contribution in [0.4, 0.5) is 0 Å². The average molecular weight is 296 g/mol. The average Bonchev–Trinajstić information content (AvgIpc) is 2.51. The fraction of sp³-hybridized carbons (Fsp3) is 0.533. The molecule has 1 aromatic carbocycles. The van der Waals surface area contributed by atoms with E-state index in [9.17, 15) is 4.79 Å². The Bertz CT molecular complexity index is 515. The molecule has 0 aliphatic carbocycles. The van der Waals surface area contributed by atoms with E-state index in [0.29, 0.717) is 29.4 Å². The summed E-state index contributed by atoms with van der Waals surface area (Å²) in [5.41, 5.74) is 5.66. The summed E-state index contributed by atoms with van der Waals surface area (Å²) >= 11 is 0. The van der Waals surface area contributed by atoms with Gasteiger partial charge in [-0.05, 0) is 13.8 Å². The summed E-state index contributed by atoms with van der Waals surface area (Å²) in [4.78, 5) is 14.3. The minimum Gasteiger partial charge on any atom is -0.496 e. The zero-order valence-corrected chi connectivity index (χ0v) is 13.5. The first-order valence-corrected chi connectivity index (χ1v) is 6.60.